The van der Waals surface area contributed by atoms with Crippen molar-refractivity contribution in [3.63, 3.8) is 0 Å². The van der Waals surface area contributed by atoms with Crippen LogP contribution in [0.4, 0.5) is 0 Å². The van der Waals surface area contributed by atoms with Gasteiger partial charge >= 0.3 is 23.9 Å². The molecular weight excluding hydrogens is 700 g/mol. The molecule has 0 heterocycles. The minimum Gasteiger partial charge on any atom is -0.461 e. The highest BCUT2D eigenvalue weighted by Gasteiger charge is 2.83. The van der Waals surface area contributed by atoms with Crippen molar-refractivity contribution in [1.29, 1.82) is 0 Å². The molecule has 54 heavy (non-hydrogen) atoms. The van der Waals surface area contributed by atoms with Crippen LogP contribution in [0.2, 0.25) is 0 Å². The van der Waals surface area contributed by atoms with Crippen LogP contribution >= 0.6 is 0 Å². The Bertz CT molecular complexity index is 2100. The van der Waals surface area contributed by atoms with Crippen molar-refractivity contribution in [1.82, 2.24) is 0 Å². The van der Waals surface area contributed by atoms with E-state index in [9.17, 15) is 24.0 Å². The summed E-state index contributed by atoms with van der Waals surface area (Å²) in [7, 11) is 0. The second-order valence-electron chi connectivity index (χ2n) is 11.9. The first kappa shape index (κ1) is 39.9. The molecule has 0 fully saturated rings. The normalized spacial score (nSPS) is 14.0. The molecule has 0 unspecified atom stereocenters. The molecule has 0 radical (unpaired) electrons. The molecule has 0 saturated heterocycles. The number of esters is 4. The van der Waals surface area contributed by atoms with Crippen LogP contribution in [-0.4, -0.2) is 76.2 Å². The van der Waals surface area contributed by atoms with Gasteiger partial charge in [-0.15, -0.1) is 0 Å². The highest BCUT2D eigenvalue weighted by atomic mass is 16.7. The van der Waals surface area contributed by atoms with Gasteiger partial charge in [-0.3, -0.25) is 43.2 Å². The average molecular weight is 735 g/mol. The van der Waals surface area contributed by atoms with E-state index in [0.29, 0.717) is 0 Å². The standard InChI is InChI=1S/C41H34O13/c1-26(42)51-25-39(52-27(2)43,35(47)31-19-11-6-12-20-31)41(54-29(4)45,37(49)33-23-15-8-16-24-33)40(53-28(3)44,36(48)32-21-13-7-14-22-32)38(50)34(46)30-17-9-5-10-18-30/h5-24H,25H2,1-4H3/t39-,40-,41+/m0/s1. The van der Waals surface area contributed by atoms with Crippen molar-refractivity contribution in [3.05, 3.63) is 144 Å². The van der Waals surface area contributed by atoms with E-state index in [4.69, 9.17) is 18.9 Å². The van der Waals surface area contributed by atoms with Crippen LogP contribution in [0.5, 0.6) is 0 Å². The molecule has 0 spiro atoms. The monoisotopic (exact) mass is 734 g/mol. The summed E-state index contributed by atoms with van der Waals surface area (Å²) in [6, 6.07) is 25.9. The zero-order valence-electron chi connectivity index (χ0n) is 29.6. The number of hydrogen-bond acceptors (Lipinski definition) is 13. The Morgan fingerprint density at radius 2 is 0.796 bits per heavy atom. The molecule has 0 amide bonds. The van der Waals surface area contributed by atoms with Gasteiger partial charge in [-0.2, -0.15) is 0 Å². The first-order valence-electron chi connectivity index (χ1n) is 16.3. The first-order chi connectivity index (χ1) is 25.6. The Balaban J connectivity index is 2.44. The molecule has 276 valence electrons. The summed E-state index contributed by atoms with van der Waals surface area (Å²) in [6.45, 7) is 1.57. The lowest BCUT2D eigenvalue weighted by Gasteiger charge is -2.52. The summed E-state index contributed by atoms with van der Waals surface area (Å²) in [4.78, 5) is 129. The van der Waals surface area contributed by atoms with E-state index in [1.165, 1.54) is 97.1 Å². The molecule has 13 heteroatoms. The van der Waals surface area contributed by atoms with E-state index in [1.54, 1.807) is 0 Å². The van der Waals surface area contributed by atoms with Crippen molar-refractivity contribution < 1.29 is 62.1 Å². The lowest BCUT2D eigenvalue weighted by Crippen LogP contribution is -2.83. The molecule has 3 atom stereocenters. The predicted octanol–water partition coefficient (Wildman–Crippen LogP) is 4.56. The summed E-state index contributed by atoms with van der Waals surface area (Å²) in [5.74, 6) is -13.9. The Hall–Kier alpha value is -6.89. The molecule has 0 aliphatic heterocycles. The van der Waals surface area contributed by atoms with Gasteiger partial charge in [0.15, 0.2) is 0 Å². The van der Waals surface area contributed by atoms with Crippen LogP contribution in [0.15, 0.2) is 121 Å². The van der Waals surface area contributed by atoms with Gasteiger partial charge in [-0.25, -0.2) is 0 Å². The number of carbonyl (C=O) groups is 9. The topological polar surface area (TPSA) is 191 Å². The maximum Gasteiger partial charge on any atom is 0.304 e. The molecule has 0 aliphatic carbocycles. The summed E-state index contributed by atoms with van der Waals surface area (Å²) in [5.41, 5.74) is -13.5. The van der Waals surface area contributed by atoms with Gasteiger partial charge in [0.1, 0.15) is 6.61 Å². The summed E-state index contributed by atoms with van der Waals surface area (Å²) < 4.78 is 22.6. The van der Waals surface area contributed by atoms with Crippen LogP contribution in [0.3, 0.4) is 0 Å². The number of ether oxygens (including phenoxy) is 4. The molecule has 0 aliphatic rings. The zero-order valence-corrected chi connectivity index (χ0v) is 29.6. The maximum atomic E-state index is 15.7. The third-order valence-electron chi connectivity index (χ3n) is 8.13. The predicted molar refractivity (Wildman–Crippen MR) is 188 cm³/mol. The SMILES string of the molecule is CC(=O)OC[C@](OC(C)=O)(C(=O)c1ccccc1)[C@](OC(C)=O)(C(=O)c1ccccc1)[C@@](OC(C)=O)(C(=O)C(=O)c1ccccc1)C(=O)c1ccccc1. The second kappa shape index (κ2) is 16.6. The van der Waals surface area contributed by atoms with Crippen LogP contribution in [0.1, 0.15) is 69.1 Å². The third kappa shape index (κ3) is 7.51. The number of rotatable bonds is 16. The van der Waals surface area contributed by atoms with Crippen LogP contribution in [0, 0.1) is 0 Å². The molecule has 13 nitrogen and oxygen atoms in total. The number of Topliss-reactive ketones (excluding diaryl/α,β-unsaturated/α-hetero) is 5. The maximum absolute atomic E-state index is 15.7. The van der Waals surface area contributed by atoms with E-state index < -0.39 is 98.5 Å². The van der Waals surface area contributed by atoms with E-state index in [0.717, 1.165) is 52.0 Å². The molecule has 4 aromatic carbocycles. The van der Waals surface area contributed by atoms with E-state index in [-0.39, 0.29) is 0 Å². The fraction of sp³-hybridized carbons (Fsp3) is 0.195. The van der Waals surface area contributed by atoms with Gasteiger partial charge in [0, 0.05) is 49.9 Å². The second-order valence-corrected chi connectivity index (χ2v) is 11.9. The van der Waals surface area contributed by atoms with Gasteiger partial charge in [0.25, 0.3) is 22.6 Å². The minimum absolute atomic E-state index is 0.392. The Morgan fingerprint density at radius 1 is 0.426 bits per heavy atom. The van der Waals surface area contributed by atoms with E-state index >= 15 is 19.2 Å². The summed E-state index contributed by atoms with van der Waals surface area (Å²) in [5, 5.41) is 0. The molecule has 0 saturated carbocycles. The highest BCUT2D eigenvalue weighted by molar-refractivity contribution is 6.52. The van der Waals surface area contributed by atoms with Crippen LogP contribution < -0.4 is 0 Å². The van der Waals surface area contributed by atoms with Crippen molar-refractivity contribution in [3.8, 4) is 0 Å². The van der Waals surface area contributed by atoms with Crippen molar-refractivity contribution >= 4 is 52.8 Å². The molecule has 4 aromatic rings. The van der Waals surface area contributed by atoms with Crippen molar-refractivity contribution in [2.45, 2.75) is 44.5 Å². The number of hydrogen-bond donors (Lipinski definition) is 0. The fourth-order valence-electron chi connectivity index (χ4n) is 6.06. The first-order valence-corrected chi connectivity index (χ1v) is 16.3. The lowest BCUT2D eigenvalue weighted by atomic mass is 9.59. The molecule has 4 rings (SSSR count). The van der Waals surface area contributed by atoms with Gasteiger partial charge in [0.2, 0.25) is 23.1 Å². The number of benzene rings is 4. The molecular formula is C41H34O13. The summed E-state index contributed by atoms with van der Waals surface area (Å²) in [6.07, 6.45) is 0. The van der Waals surface area contributed by atoms with Crippen molar-refractivity contribution in [2.24, 2.45) is 0 Å². The van der Waals surface area contributed by atoms with E-state index in [2.05, 4.69) is 0 Å². The zero-order chi connectivity index (χ0) is 39.7. The summed E-state index contributed by atoms with van der Waals surface area (Å²) >= 11 is 0. The van der Waals surface area contributed by atoms with Crippen molar-refractivity contribution in [2.75, 3.05) is 6.61 Å². The third-order valence-corrected chi connectivity index (χ3v) is 8.13. The highest BCUT2D eigenvalue weighted by Crippen LogP contribution is 2.49. The lowest BCUT2D eigenvalue weighted by molar-refractivity contribution is -0.232. The average Bonchev–Trinajstić information content (AvgIpc) is 3.17. The van der Waals surface area contributed by atoms with Gasteiger partial charge < -0.3 is 18.9 Å². The smallest absolute Gasteiger partial charge is 0.304 e. The fourth-order valence-corrected chi connectivity index (χ4v) is 6.06. The van der Waals surface area contributed by atoms with Gasteiger partial charge in [-0.05, 0) is 0 Å². The molecule has 0 aromatic heterocycles. The Kier molecular flexibility index (Phi) is 12.3. The molecule has 0 bridgehead atoms. The number of ketones is 5. The molecule has 0 N–H and O–H groups in total. The minimum atomic E-state index is -4.05. The van der Waals surface area contributed by atoms with E-state index in [1.807, 2.05) is 0 Å². The largest absolute Gasteiger partial charge is 0.461 e. The quantitative estimate of drug-likeness (QED) is 0.0513. The Morgan fingerprint density at radius 3 is 1.19 bits per heavy atom. The van der Waals surface area contributed by atoms with Gasteiger partial charge in [0.05, 0.1) is 0 Å². The Labute approximate surface area is 309 Å². The van der Waals surface area contributed by atoms with Crippen LogP contribution in [0.25, 0.3) is 0 Å². The van der Waals surface area contributed by atoms with Crippen LogP contribution in [-0.2, 0) is 42.9 Å². The number of carbonyl (C=O) groups excluding carboxylic acids is 9. The van der Waals surface area contributed by atoms with Gasteiger partial charge in [-0.1, -0.05) is 121 Å².